The normalized spacial score (nSPS) is 13.0. The Balaban J connectivity index is 1.93. The second-order valence-electron chi connectivity index (χ2n) is 4.97. The molecule has 1 aliphatic heterocycles. The summed E-state index contributed by atoms with van der Waals surface area (Å²) in [5, 5.41) is 8.98. The molecule has 0 fully saturated rings. The van der Waals surface area contributed by atoms with Gasteiger partial charge < -0.3 is 9.64 Å². The van der Waals surface area contributed by atoms with Crippen molar-refractivity contribution in [2.24, 2.45) is 0 Å². The molecule has 100 valence electrons. The fourth-order valence-corrected chi connectivity index (χ4v) is 2.47. The first kappa shape index (κ1) is 12.6. The topological polar surface area (TPSA) is 36.3 Å². The summed E-state index contributed by atoms with van der Waals surface area (Å²) in [6, 6.07) is 16.1. The lowest BCUT2D eigenvalue weighted by Crippen LogP contribution is -2.12. The molecule has 0 N–H and O–H groups in total. The van der Waals surface area contributed by atoms with Crippen LogP contribution in [0.25, 0.3) is 0 Å². The number of nitriles is 1. The third kappa shape index (κ3) is 2.33. The predicted octanol–water partition coefficient (Wildman–Crippen LogP) is 3.65. The van der Waals surface area contributed by atoms with E-state index >= 15 is 0 Å². The number of hydrogen-bond acceptors (Lipinski definition) is 3. The summed E-state index contributed by atoms with van der Waals surface area (Å²) in [6.07, 6.45) is 2.18. The fraction of sp³-hybridized carbons (Fsp3) is 0.235. The first-order valence-electron chi connectivity index (χ1n) is 6.77. The van der Waals surface area contributed by atoms with Gasteiger partial charge in [0.2, 0.25) is 0 Å². The average molecular weight is 264 g/mol. The molecule has 2 aromatic rings. The molecule has 0 amide bonds. The van der Waals surface area contributed by atoms with Crippen LogP contribution in [-0.4, -0.2) is 13.7 Å². The monoisotopic (exact) mass is 264 g/mol. The Labute approximate surface area is 119 Å². The summed E-state index contributed by atoms with van der Waals surface area (Å²) in [7, 11) is 2.00. The molecule has 0 unspecified atom stereocenters. The maximum Gasteiger partial charge on any atom is 0.124 e. The van der Waals surface area contributed by atoms with Crippen LogP contribution < -0.4 is 9.64 Å². The molecule has 0 bridgehead atoms. The van der Waals surface area contributed by atoms with Crippen molar-refractivity contribution in [3.8, 4) is 11.8 Å². The van der Waals surface area contributed by atoms with Crippen molar-refractivity contribution in [2.75, 3.05) is 18.6 Å². The Kier molecular flexibility index (Phi) is 3.30. The predicted molar refractivity (Wildman–Crippen MR) is 79.5 cm³/mol. The van der Waals surface area contributed by atoms with Crippen molar-refractivity contribution >= 4 is 11.4 Å². The van der Waals surface area contributed by atoms with Gasteiger partial charge in [-0.15, -0.1) is 0 Å². The van der Waals surface area contributed by atoms with Gasteiger partial charge in [0.1, 0.15) is 5.75 Å². The standard InChI is InChI=1S/C17H16N2O/c1-19(15-6-2-4-13(10-15)12-18)16-8-7-14-5-3-9-20-17(14)11-16/h2,4,6-8,10-11H,3,5,9H2,1H3. The lowest BCUT2D eigenvalue weighted by atomic mass is 10.1. The molecule has 1 heterocycles. The highest BCUT2D eigenvalue weighted by Gasteiger charge is 2.13. The van der Waals surface area contributed by atoms with Crippen molar-refractivity contribution in [1.29, 1.82) is 5.26 Å². The van der Waals surface area contributed by atoms with Gasteiger partial charge in [-0.3, -0.25) is 0 Å². The minimum absolute atomic E-state index is 0.670. The zero-order valence-corrected chi connectivity index (χ0v) is 11.5. The lowest BCUT2D eigenvalue weighted by molar-refractivity contribution is 0.288. The third-order valence-corrected chi connectivity index (χ3v) is 3.65. The van der Waals surface area contributed by atoms with Crippen molar-refractivity contribution in [3.63, 3.8) is 0 Å². The molecule has 20 heavy (non-hydrogen) atoms. The van der Waals surface area contributed by atoms with Gasteiger partial charge in [-0.1, -0.05) is 12.1 Å². The number of ether oxygens (including phenoxy) is 1. The molecule has 0 spiro atoms. The van der Waals surface area contributed by atoms with Crippen LogP contribution in [0.4, 0.5) is 11.4 Å². The van der Waals surface area contributed by atoms with Crippen LogP contribution in [0.1, 0.15) is 17.5 Å². The SMILES string of the molecule is CN(c1cccc(C#N)c1)c1ccc2c(c1)OCCC2. The van der Waals surface area contributed by atoms with E-state index in [1.54, 1.807) is 0 Å². The Morgan fingerprint density at radius 3 is 2.85 bits per heavy atom. The van der Waals surface area contributed by atoms with E-state index in [4.69, 9.17) is 10.00 Å². The molecule has 2 aromatic carbocycles. The zero-order valence-electron chi connectivity index (χ0n) is 11.5. The molecule has 0 saturated heterocycles. The minimum Gasteiger partial charge on any atom is -0.493 e. The lowest BCUT2D eigenvalue weighted by Gasteiger charge is -2.23. The maximum atomic E-state index is 8.98. The van der Waals surface area contributed by atoms with Crippen LogP contribution in [0, 0.1) is 11.3 Å². The Bertz CT molecular complexity index is 673. The van der Waals surface area contributed by atoms with E-state index in [2.05, 4.69) is 29.2 Å². The number of anilines is 2. The fourth-order valence-electron chi connectivity index (χ4n) is 2.47. The minimum atomic E-state index is 0.670. The molecule has 3 rings (SSSR count). The summed E-state index contributed by atoms with van der Waals surface area (Å²) < 4.78 is 5.72. The van der Waals surface area contributed by atoms with E-state index in [0.717, 1.165) is 36.6 Å². The summed E-state index contributed by atoms with van der Waals surface area (Å²) in [5.74, 6) is 0.983. The van der Waals surface area contributed by atoms with Crippen LogP contribution >= 0.6 is 0 Å². The van der Waals surface area contributed by atoms with Gasteiger partial charge in [-0.25, -0.2) is 0 Å². The van der Waals surface area contributed by atoms with Crippen LogP contribution in [0.2, 0.25) is 0 Å². The molecule has 0 radical (unpaired) electrons. The molecule has 0 aliphatic carbocycles. The Hall–Kier alpha value is -2.47. The van der Waals surface area contributed by atoms with Gasteiger partial charge in [0.15, 0.2) is 0 Å². The van der Waals surface area contributed by atoms with E-state index in [-0.39, 0.29) is 0 Å². The first-order chi connectivity index (χ1) is 9.78. The van der Waals surface area contributed by atoms with Crippen molar-refractivity contribution in [1.82, 2.24) is 0 Å². The van der Waals surface area contributed by atoms with Gasteiger partial charge in [-0.2, -0.15) is 5.26 Å². The summed E-state index contributed by atoms with van der Waals surface area (Å²) in [4.78, 5) is 2.07. The third-order valence-electron chi connectivity index (χ3n) is 3.65. The highest BCUT2D eigenvalue weighted by molar-refractivity contribution is 5.66. The molecule has 3 nitrogen and oxygen atoms in total. The van der Waals surface area contributed by atoms with Gasteiger partial charge in [0, 0.05) is 24.5 Å². The second kappa shape index (κ2) is 5.26. The van der Waals surface area contributed by atoms with Crippen molar-refractivity contribution < 1.29 is 4.74 Å². The number of fused-ring (bicyclic) bond motifs is 1. The van der Waals surface area contributed by atoms with E-state index < -0.39 is 0 Å². The van der Waals surface area contributed by atoms with Crippen LogP contribution in [0.15, 0.2) is 42.5 Å². The molecule has 3 heteroatoms. The summed E-state index contributed by atoms with van der Waals surface area (Å²) in [6.45, 7) is 0.796. The van der Waals surface area contributed by atoms with Crippen molar-refractivity contribution in [3.05, 3.63) is 53.6 Å². The second-order valence-corrected chi connectivity index (χ2v) is 4.97. The molecule has 1 aliphatic rings. The number of nitrogens with zero attached hydrogens (tertiary/aromatic N) is 2. The van der Waals surface area contributed by atoms with Gasteiger partial charge >= 0.3 is 0 Å². The van der Waals surface area contributed by atoms with Crippen LogP contribution in [-0.2, 0) is 6.42 Å². The molecule has 0 aromatic heterocycles. The van der Waals surface area contributed by atoms with Crippen molar-refractivity contribution in [2.45, 2.75) is 12.8 Å². The van der Waals surface area contributed by atoms with E-state index in [1.165, 1.54) is 5.56 Å². The largest absolute Gasteiger partial charge is 0.493 e. The van der Waals surface area contributed by atoms with Gasteiger partial charge in [0.05, 0.1) is 18.2 Å². The Morgan fingerprint density at radius 2 is 2.00 bits per heavy atom. The summed E-state index contributed by atoms with van der Waals surface area (Å²) in [5.41, 5.74) is 4.02. The molecular formula is C17H16N2O. The highest BCUT2D eigenvalue weighted by atomic mass is 16.5. The van der Waals surface area contributed by atoms with Crippen LogP contribution in [0.3, 0.4) is 0 Å². The summed E-state index contributed by atoms with van der Waals surface area (Å²) >= 11 is 0. The zero-order chi connectivity index (χ0) is 13.9. The number of aryl methyl sites for hydroxylation is 1. The highest BCUT2D eigenvalue weighted by Crippen LogP contribution is 2.32. The van der Waals surface area contributed by atoms with Gasteiger partial charge in [0.25, 0.3) is 0 Å². The smallest absolute Gasteiger partial charge is 0.124 e. The van der Waals surface area contributed by atoms with Gasteiger partial charge in [-0.05, 0) is 42.7 Å². The number of rotatable bonds is 2. The quantitative estimate of drug-likeness (QED) is 0.830. The molecule has 0 atom stereocenters. The molecular weight excluding hydrogens is 248 g/mol. The van der Waals surface area contributed by atoms with E-state index in [9.17, 15) is 0 Å². The number of hydrogen-bond donors (Lipinski definition) is 0. The molecule has 0 saturated carbocycles. The Morgan fingerprint density at radius 1 is 1.15 bits per heavy atom. The average Bonchev–Trinajstić information content (AvgIpc) is 2.53. The van der Waals surface area contributed by atoms with E-state index in [1.807, 2.05) is 31.3 Å². The first-order valence-corrected chi connectivity index (χ1v) is 6.77. The maximum absolute atomic E-state index is 8.98. The van der Waals surface area contributed by atoms with Crippen LogP contribution in [0.5, 0.6) is 5.75 Å². The van der Waals surface area contributed by atoms with E-state index in [0.29, 0.717) is 5.56 Å². The number of benzene rings is 2.